The van der Waals surface area contributed by atoms with Crippen molar-refractivity contribution in [2.75, 3.05) is 0 Å². The maximum Gasteiger partial charge on any atom is 0.416 e. The van der Waals surface area contributed by atoms with Crippen LogP contribution in [0.15, 0.2) is 42.5 Å². The summed E-state index contributed by atoms with van der Waals surface area (Å²) < 4.78 is 43.2. The van der Waals surface area contributed by atoms with Gasteiger partial charge < -0.3 is 4.74 Å². The summed E-state index contributed by atoms with van der Waals surface area (Å²) in [6, 6.07) is 7.98. The normalized spacial score (nSPS) is 11.1. The van der Waals surface area contributed by atoms with Crippen LogP contribution in [-0.4, -0.2) is 11.2 Å². The lowest BCUT2D eigenvalue weighted by molar-refractivity contribution is -0.384. The number of nitrogens with zero attached hydrogens (tertiary/aromatic N) is 1. The smallest absolute Gasteiger partial charge is 0.416 e. The van der Waals surface area contributed by atoms with Crippen LogP contribution in [0.5, 0.6) is 5.75 Å². The van der Waals surface area contributed by atoms with E-state index in [-0.39, 0.29) is 29.2 Å². The van der Waals surface area contributed by atoms with Gasteiger partial charge in [-0.1, -0.05) is 12.1 Å². The minimum atomic E-state index is -4.46. The molecule has 0 aromatic heterocycles. The van der Waals surface area contributed by atoms with E-state index in [0.29, 0.717) is 6.29 Å². The van der Waals surface area contributed by atoms with Gasteiger partial charge in [0.15, 0.2) is 6.29 Å². The third kappa shape index (κ3) is 4.06. The zero-order valence-electron chi connectivity index (χ0n) is 11.5. The van der Waals surface area contributed by atoms with Crippen LogP contribution in [0.3, 0.4) is 0 Å². The van der Waals surface area contributed by atoms with Crippen molar-refractivity contribution in [3.63, 3.8) is 0 Å². The number of nitro benzene ring substituents is 1. The quantitative estimate of drug-likeness (QED) is 0.473. The van der Waals surface area contributed by atoms with Gasteiger partial charge in [-0.3, -0.25) is 14.9 Å². The van der Waals surface area contributed by atoms with Gasteiger partial charge in [0.2, 0.25) is 0 Å². The van der Waals surface area contributed by atoms with E-state index < -0.39 is 16.7 Å². The molecule has 0 heterocycles. The van der Waals surface area contributed by atoms with Crippen molar-refractivity contribution in [3.05, 3.63) is 69.3 Å². The summed E-state index contributed by atoms with van der Waals surface area (Å²) in [5.74, 6) is 0.0583. The zero-order chi connectivity index (χ0) is 17.0. The average Bonchev–Trinajstić information content (AvgIpc) is 2.52. The minimum absolute atomic E-state index is 0.0498. The Balaban J connectivity index is 2.18. The summed E-state index contributed by atoms with van der Waals surface area (Å²) in [7, 11) is 0. The van der Waals surface area contributed by atoms with Gasteiger partial charge in [-0.05, 0) is 23.8 Å². The van der Waals surface area contributed by atoms with E-state index in [1.807, 2.05) is 0 Å². The molecular weight excluding hydrogens is 315 g/mol. The number of halogens is 3. The minimum Gasteiger partial charge on any atom is -0.488 e. The number of aldehydes is 1. The number of non-ortho nitro benzene ring substituents is 1. The summed E-state index contributed by atoms with van der Waals surface area (Å²) in [6.07, 6.45) is -4.08. The molecule has 0 spiro atoms. The maximum atomic E-state index is 12.6. The SMILES string of the molecule is O=Cc1cc([N+](=O)[O-])ccc1OCc1cccc(C(F)(F)F)c1. The number of rotatable bonds is 5. The Labute approximate surface area is 128 Å². The van der Waals surface area contributed by atoms with Gasteiger partial charge in [-0.2, -0.15) is 13.2 Å². The molecule has 0 unspecified atom stereocenters. The molecule has 23 heavy (non-hydrogen) atoms. The largest absolute Gasteiger partial charge is 0.488 e. The van der Waals surface area contributed by atoms with Crippen molar-refractivity contribution in [1.82, 2.24) is 0 Å². The topological polar surface area (TPSA) is 69.4 Å². The maximum absolute atomic E-state index is 12.6. The first kappa shape index (κ1) is 16.5. The lowest BCUT2D eigenvalue weighted by Crippen LogP contribution is -2.06. The van der Waals surface area contributed by atoms with Crippen LogP contribution in [0.2, 0.25) is 0 Å². The number of ether oxygens (including phenoxy) is 1. The van der Waals surface area contributed by atoms with E-state index in [1.54, 1.807) is 0 Å². The van der Waals surface area contributed by atoms with Gasteiger partial charge in [-0.15, -0.1) is 0 Å². The van der Waals surface area contributed by atoms with Crippen molar-refractivity contribution in [3.8, 4) is 5.75 Å². The summed E-state index contributed by atoms with van der Waals surface area (Å²) in [5.41, 5.74) is -0.877. The van der Waals surface area contributed by atoms with Crippen molar-refractivity contribution < 1.29 is 27.6 Å². The van der Waals surface area contributed by atoms with Gasteiger partial charge in [0.25, 0.3) is 5.69 Å². The first-order chi connectivity index (χ1) is 10.8. The number of hydrogen-bond acceptors (Lipinski definition) is 4. The standard InChI is InChI=1S/C15H10F3NO4/c16-15(17,18)12-3-1-2-10(6-12)9-23-14-5-4-13(19(21)22)7-11(14)8-20/h1-8H,9H2. The molecule has 0 N–H and O–H groups in total. The van der Waals surface area contributed by atoms with Gasteiger partial charge in [0.05, 0.1) is 16.1 Å². The third-order valence-electron chi connectivity index (χ3n) is 2.98. The molecule has 120 valence electrons. The molecule has 0 aliphatic carbocycles. The second kappa shape index (κ2) is 6.47. The Bertz CT molecular complexity index is 744. The van der Waals surface area contributed by atoms with E-state index in [0.717, 1.165) is 24.3 Å². The molecule has 0 fully saturated rings. The molecule has 2 aromatic carbocycles. The Kier molecular flexibility index (Phi) is 4.63. The fourth-order valence-electron chi connectivity index (χ4n) is 1.87. The average molecular weight is 325 g/mol. The van der Waals surface area contributed by atoms with E-state index >= 15 is 0 Å². The van der Waals surface area contributed by atoms with Gasteiger partial charge in [0, 0.05) is 12.1 Å². The highest BCUT2D eigenvalue weighted by Gasteiger charge is 2.30. The second-order valence-electron chi connectivity index (χ2n) is 4.58. The highest BCUT2D eigenvalue weighted by Crippen LogP contribution is 2.30. The monoisotopic (exact) mass is 325 g/mol. The molecule has 8 heteroatoms. The molecule has 2 rings (SSSR count). The summed E-state index contributed by atoms with van der Waals surface area (Å²) >= 11 is 0. The number of hydrogen-bond donors (Lipinski definition) is 0. The van der Waals surface area contributed by atoms with E-state index in [1.165, 1.54) is 18.2 Å². The Morgan fingerprint density at radius 2 is 1.91 bits per heavy atom. The summed E-state index contributed by atoms with van der Waals surface area (Å²) in [6.45, 7) is -0.206. The number of carbonyl (C=O) groups is 1. The number of carbonyl (C=O) groups excluding carboxylic acids is 1. The molecule has 0 radical (unpaired) electrons. The summed E-state index contributed by atoms with van der Waals surface area (Å²) in [5, 5.41) is 10.6. The van der Waals surface area contributed by atoms with Crippen LogP contribution in [0.4, 0.5) is 18.9 Å². The molecule has 0 saturated heterocycles. The highest BCUT2D eigenvalue weighted by molar-refractivity contribution is 5.80. The number of benzene rings is 2. The van der Waals surface area contributed by atoms with E-state index in [4.69, 9.17) is 4.74 Å². The van der Waals surface area contributed by atoms with Crippen LogP contribution >= 0.6 is 0 Å². The summed E-state index contributed by atoms with van der Waals surface area (Å²) in [4.78, 5) is 20.9. The van der Waals surface area contributed by atoms with E-state index in [2.05, 4.69) is 0 Å². The predicted octanol–water partition coefficient (Wildman–Crippen LogP) is 4.01. The number of alkyl halides is 3. The molecule has 0 aliphatic rings. The van der Waals surface area contributed by atoms with Crippen molar-refractivity contribution >= 4 is 12.0 Å². The van der Waals surface area contributed by atoms with Crippen molar-refractivity contribution in [1.29, 1.82) is 0 Å². The highest BCUT2D eigenvalue weighted by atomic mass is 19.4. The second-order valence-corrected chi connectivity index (χ2v) is 4.58. The molecule has 0 saturated carbocycles. The van der Waals surface area contributed by atoms with Gasteiger partial charge >= 0.3 is 6.18 Å². The predicted molar refractivity (Wildman–Crippen MR) is 74.3 cm³/mol. The number of nitro groups is 1. The zero-order valence-corrected chi connectivity index (χ0v) is 11.5. The van der Waals surface area contributed by atoms with Crippen LogP contribution in [0.1, 0.15) is 21.5 Å². The van der Waals surface area contributed by atoms with Crippen molar-refractivity contribution in [2.24, 2.45) is 0 Å². The molecule has 2 aromatic rings. The molecule has 0 amide bonds. The fourth-order valence-corrected chi connectivity index (χ4v) is 1.87. The molecule has 0 bridgehead atoms. The first-order valence-corrected chi connectivity index (χ1v) is 6.34. The van der Waals surface area contributed by atoms with Crippen molar-refractivity contribution in [2.45, 2.75) is 12.8 Å². The fraction of sp³-hybridized carbons (Fsp3) is 0.133. The molecule has 0 atom stereocenters. The Hall–Kier alpha value is -2.90. The van der Waals surface area contributed by atoms with Crippen LogP contribution in [0.25, 0.3) is 0 Å². The van der Waals surface area contributed by atoms with Crippen LogP contribution < -0.4 is 4.74 Å². The lowest BCUT2D eigenvalue weighted by atomic mass is 10.1. The Morgan fingerprint density at radius 1 is 1.17 bits per heavy atom. The van der Waals surface area contributed by atoms with Crippen LogP contribution in [0, 0.1) is 10.1 Å². The van der Waals surface area contributed by atoms with Crippen LogP contribution in [-0.2, 0) is 12.8 Å². The van der Waals surface area contributed by atoms with E-state index in [9.17, 15) is 28.1 Å². The Morgan fingerprint density at radius 3 is 2.52 bits per heavy atom. The molecule has 0 aliphatic heterocycles. The molecular formula is C15H10F3NO4. The first-order valence-electron chi connectivity index (χ1n) is 6.34. The molecule has 5 nitrogen and oxygen atoms in total. The third-order valence-corrected chi connectivity index (χ3v) is 2.98. The van der Waals surface area contributed by atoms with Gasteiger partial charge in [0.1, 0.15) is 12.4 Å². The van der Waals surface area contributed by atoms with Gasteiger partial charge in [-0.25, -0.2) is 0 Å². The lowest BCUT2D eigenvalue weighted by Gasteiger charge is -2.11.